The van der Waals surface area contributed by atoms with Gasteiger partial charge in [0.25, 0.3) is 5.91 Å². The molecule has 0 aliphatic carbocycles. The molecule has 6 heteroatoms. The molecule has 1 N–H and O–H groups in total. The second-order valence-corrected chi connectivity index (χ2v) is 9.07. The van der Waals surface area contributed by atoms with Crippen LogP contribution in [0.15, 0.2) is 84.9 Å². The van der Waals surface area contributed by atoms with Crippen molar-refractivity contribution < 1.29 is 19.1 Å². The van der Waals surface area contributed by atoms with Gasteiger partial charge in [0.15, 0.2) is 0 Å². The summed E-state index contributed by atoms with van der Waals surface area (Å²) in [7, 11) is 0. The van der Waals surface area contributed by atoms with Crippen LogP contribution < -0.4 is 4.90 Å². The summed E-state index contributed by atoms with van der Waals surface area (Å²) in [4.78, 5) is 29.0. The Morgan fingerprint density at radius 1 is 0.794 bits per heavy atom. The molecule has 0 saturated carbocycles. The Morgan fingerprint density at radius 2 is 1.32 bits per heavy atom. The van der Waals surface area contributed by atoms with Crippen LogP contribution in [-0.2, 0) is 15.2 Å². The van der Waals surface area contributed by atoms with Gasteiger partial charge in [0, 0.05) is 0 Å². The van der Waals surface area contributed by atoms with E-state index in [9.17, 15) is 19.1 Å². The second-order valence-electron chi connectivity index (χ2n) is 9.07. The number of hydrogen-bond donors (Lipinski definition) is 1. The molecule has 5 nitrogen and oxygen atoms in total. The largest absolute Gasteiger partial charge is 0.380 e. The molecular weight excluding hydrogens is 431 g/mol. The van der Waals surface area contributed by atoms with Crippen molar-refractivity contribution in [2.24, 2.45) is 5.92 Å². The lowest BCUT2D eigenvalue weighted by molar-refractivity contribution is -0.123. The summed E-state index contributed by atoms with van der Waals surface area (Å²) in [6, 6.07) is 24.3. The van der Waals surface area contributed by atoms with Crippen molar-refractivity contribution in [3.8, 4) is 0 Å². The first-order valence-corrected chi connectivity index (χ1v) is 11.7. The number of benzene rings is 3. The molecule has 1 atom stereocenters. The average molecular weight is 459 g/mol. The Hall–Kier alpha value is -3.35. The third-order valence-corrected chi connectivity index (χ3v) is 7.20. The minimum atomic E-state index is -1.13. The minimum absolute atomic E-state index is 0.0334. The summed E-state index contributed by atoms with van der Waals surface area (Å²) >= 11 is 0. The van der Waals surface area contributed by atoms with E-state index >= 15 is 0 Å². The van der Waals surface area contributed by atoms with Gasteiger partial charge < -0.3 is 5.11 Å². The van der Waals surface area contributed by atoms with E-state index in [1.807, 2.05) is 60.7 Å². The highest BCUT2D eigenvalue weighted by Crippen LogP contribution is 2.42. The van der Waals surface area contributed by atoms with Crippen LogP contribution in [-0.4, -0.2) is 41.0 Å². The zero-order valence-electron chi connectivity index (χ0n) is 18.8. The number of carbonyl (C=O) groups is 2. The Kier molecular flexibility index (Phi) is 6.02. The maximum absolute atomic E-state index is 13.3. The first-order chi connectivity index (χ1) is 16.5. The fraction of sp³-hybridized carbons (Fsp3) is 0.286. The number of hydrogen-bond acceptors (Lipinski definition) is 4. The van der Waals surface area contributed by atoms with Crippen LogP contribution in [0.5, 0.6) is 0 Å². The maximum atomic E-state index is 13.3. The molecule has 2 fully saturated rings. The molecule has 2 aliphatic rings. The van der Waals surface area contributed by atoms with Crippen molar-refractivity contribution in [1.82, 2.24) is 4.90 Å². The van der Waals surface area contributed by atoms with Crippen LogP contribution in [0, 0.1) is 11.7 Å². The highest BCUT2D eigenvalue weighted by Gasteiger charge is 2.46. The number of aliphatic hydroxyl groups is 1. The normalized spacial score (nSPS) is 20.2. The molecule has 5 rings (SSSR count). The van der Waals surface area contributed by atoms with Gasteiger partial charge in [-0.3, -0.25) is 14.5 Å². The van der Waals surface area contributed by atoms with Crippen LogP contribution in [0.3, 0.4) is 0 Å². The molecule has 2 amide bonds. The average Bonchev–Trinajstić information content (AvgIpc) is 3.19. The molecule has 2 heterocycles. The SMILES string of the molecule is O=C1C[C@H](N2CCC(C(O)(c3ccccc3)c3ccccc3)CC2)C(=O)N1c1ccc(F)cc1. The maximum Gasteiger partial charge on any atom is 0.251 e. The molecule has 0 unspecified atom stereocenters. The zero-order chi connectivity index (χ0) is 23.7. The molecule has 0 spiro atoms. The quantitative estimate of drug-likeness (QED) is 0.585. The summed E-state index contributed by atoms with van der Waals surface area (Å²) in [6.45, 7) is 1.21. The number of anilines is 1. The second kappa shape index (κ2) is 9.12. The molecule has 0 aromatic heterocycles. The molecule has 2 saturated heterocycles. The van der Waals surface area contributed by atoms with Crippen LogP contribution in [0.1, 0.15) is 30.4 Å². The van der Waals surface area contributed by atoms with Gasteiger partial charge in [-0.1, -0.05) is 60.7 Å². The van der Waals surface area contributed by atoms with E-state index in [0.717, 1.165) is 11.1 Å². The highest BCUT2D eigenvalue weighted by atomic mass is 19.1. The van der Waals surface area contributed by atoms with E-state index in [1.165, 1.54) is 29.2 Å². The van der Waals surface area contributed by atoms with Crippen molar-refractivity contribution in [3.63, 3.8) is 0 Å². The van der Waals surface area contributed by atoms with E-state index < -0.39 is 17.5 Å². The molecule has 2 aliphatic heterocycles. The molecule has 0 radical (unpaired) electrons. The zero-order valence-corrected chi connectivity index (χ0v) is 18.8. The summed E-state index contributed by atoms with van der Waals surface area (Å²) in [5, 5.41) is 12.1. The molecular formula is C28H27FN2O3. The van der Waals surface area contributed by atoms with Gasteiger partial charge in [0.2, 0.25) is 5.91 Å². The Bertz CT molecular complexity index is 1120. The first kappa shape index (κ1) is 22.4. The van der Waals surface area contributed by atoms with Crippen molar-refractivity contribution in [3.05, 3.63) is 102 Å². The van der Waals surface area contributed by atoms with E-state index in [1.54, 1.807) is 0 Å². The number of likely N-dealkylation sites (tertiary alicyclic amines) is 1. The summed E-state index contributed by atoms with van der Waals surface area (Å²) < 4.78 is 13.3. The lowest BCUT2D eigenvalue weighted by Gasteiger charge is -2.43. The van der Waals surface area contributed by atoms with Crippen LogP contribution in [0.2, 0.25) is 0 Å². The molecule has 34 heavy (non-hydrogen) atoms. The number of amides is 2. The summed E-state index contributed by atoms with van der Waals surface area (Å²) in [5.74, 6) is -0.981. The van der Waals surface area contributed by atoms with E-state index in [0.29, 0.717) is 31.6 Å². The number of rotatable bonds is 5. The van der Waals surface area contributed by atoms with E-state index in [2.05, 4.69) is 4.90 Å². The lowest BCUT2D eigenvalue weighted by Crippen LogP contribution is -2.49. The predicted molar refractivity (Wildman–Crippen MR) is 127 cm³/mol. The van der Waals surface area contributed by atoms with Gasteiger partial charge in [0.1, 0.15) is 11.4 Å². The molecule has 3 aromatic rings. The minimum Gasteiger partial charge on any atom is -0.380 e. The van der Waals surface area contributed by atoms with Crippen LogP contribution >= 0.6 is 0 Å². The van der Waals surface area contributed by atoms with Crippen LogP contribution in [0.25, 0.3) is 0 Å². The Balaban J connectivity index is 1.34. The number of carbonyl (C=O) groups excluding carboxylic acids is 2. The number of imide groups is 1. The standard InChI is InChI=1S/C28H27FN2O3/c29-23-11-13-24(14-12-23)31-26(32)19-25(27(31)33)30-17-15-22(16-18-30)28(34,20-7-3-1-4-8-20)21-9-5-2-6-10-21/h1-14,22,25,34H,15-19H2/t25-/m0/s1. The number of nitrogens with zero attached hydrogens (tertiary/aromatic N) is 2. The van der Waals surface area contributed by atoms with Gasteiger partial charge in [-0.05, 0) is 67.2 Å². The lowest BCUT2D eigenvalue weighted by atomic mass is 9.72. The van der Waals surface area contributed by atoms with Gasteiger partial charge in [-0.15, -0.1) is 0 Å². The third kappa shape index (κ3) is 3.93. The highest BCUT2D eigenvalue weighted by molar-refractivity contribution is 6.22. The van der Waals surface area contributed by atoms with Gasteiger partial charge in [0.05, 0.1) is 18.2 Å². The fourth-order valence-corrected chi connectivity index (χ4v) is 5.41. The fourth-order valence-electron chi connectivity index (χ4n) is 5.41. The predicted octanol–water partition coefficient (Wildman–Crippen LogP) is 4.11. The topological polar surface area (TPSA) is 60.9 Å². The van der Waals surface area contributed by atoms with Crippen molar-refractivity contribution in [2.75, 3.05) is 18.0 Å². The first-order valence-electron chi connectivity index (χ1n) is 11.7. The molecule has 174 valence electrons. The van der Waals surface area contributed by atoms with Crippen molar-refractivity contribution >= 4 is 17.5 Å². The molecule has 0 bridgehead atoms. The number of piperidine rings is 1. The van der Waals surface area contributed by atoms with Gasteiger partial charge in [-0.2, -0.15) is 0 Å². The number of halogens is 1. The summed E-state index contributed by atoms with van der Waals surface area (Å²) in [5.41, 5.74) is 0.976. The monoisotopic (exact) mass is 458 g/mol. The summed E-state index contributed by atoms with van der Waals surface area (Å²) in [6.07, 6.45) is 1.49. The van der Waals surface area contributed by atoms with E-state index in [4.69, 9.17) is 0 Å². The van der Waals surface area contributed by atoms with Crippen LogP contribution in [0.4, 0.5) is 10.1 Å². The molecule has 3 aromatic carbocycles. The Morgan fingerprint density at radius 3 is 1.85 bits per heavy atom. The van der Waals surface area contributed by atoms with Crippen molar-refractivity contribution in [1.29, 1.82) is 0 Å². The van der Waals surface area contributed by atoms with Gasteiger partial charge in [-0.25, -0.2) is 9.29 Å². The third-order valence-electron chi connectivity index (χ3n) is 7.20. The Labute approximate surface area is 198 Å². The van der Waals surface area contributed by atoms with Gasteiger partial charge >= 0.3 is 0 Å². The smallest absolute Gasteiger partial charge is 0.251 e. The van der Waals surface area contributed by atoms with E-state index in [-0.39, 0.29) is 24.2 Å². The van der Waals surface area contributed by atoms with Crippen molar-refractivity contribution in [2.45, 2.75) is 30.9 Å².